The van der Waals surface area contributed by atoms with Gasteiger partial charge in [-0.15, -0.1) is 11.3 Å². The summed E-state index contributed by atoms with van der Waals surface area (Å²) in [5.41, 5.74) is 2.09. The smallest absolute Gasteiger partial charge is 0.244 e. The molecule has 5 nitrogen and oxygen atoms in total. The second-order valence-corrected chi connectivity index (χ2v) is 10.1. The lowest BCUT2D eigenvalue weighted by atomic mass is 9.97. The number of sulfonamides is 1. The second kappa shape index (κ2) is 8.31. The topological polar surface area (TPSA) is 71.2 Å². The minimum absolute atomic E-state index is 0.109. The van der Waals surface area contributed by atoms with E-state index in [2.05, 4.69) is 25.6 Å². The molecule has 0 amide bonds. The number of ether oxygens (including phenoxy) is 1. The zero-order chi connectivity index (χ0) is 20.4. The Bertz CT molecular complexity index is 1230. The molecule has 0 bridgehead atoms. The fourth-order valence-electron chi connectivity index (χ4n) is 3.37. The lowest BCUT2D eigenvalue weighted by Gasteiger charge is -2.17. The number of hydrogen-bond acceptors (Lipinski definition) is 4. The summed E-state index contributed by atoms with van der Waals surface area (Å²) in [6.45, 7) is 0.236. The lowest BCUT2D eigenvalue weighted by Crippen LogP contribution is -2.29. The molecule has 0 saturated carbocycles. The van der Waals surface area contributed by atoms with Gasteiger partial charge in [0.25, 0.3) is 0 Å². The van der Waals surface area contributed by atoms with E-state index >= 15 is 0 Å². The molecular formula is C21H19BrN2O3S2. The summed E-state index contributed by atoms with van der Waals surface area (Å²) in [6.07, 6.45) is 1.96. The van der Waals surface area contributed by atoms with Crippen LogP contribution in [0.5, 0.6) is 5.75 Å². The van der Waals surface area contributed by atoms with Crippen LogP contribution in [-0.2, 0) is 10.0 Å². The first-order valence-electron chi connectivity index (χ1n) is 8.92. The molecule has 0 aliphatic rings. The number of H-pyrrole nitrogens is 1. The Hall–Kier alpha value is -2.13. The molecule has 4 rings (SSSR count). The van der Waals surface area contributed by atoms with Crippen molar-refractivity contribution in [3.05, 3.63) is 81.1 Å². The van der Waals surface area contributed by atoms with Gasteiger partial charge in [0.2, 0.25) is 10.0 Å². The number of aromatic amines is 1. The van der Waals surface area contributed by atoms with Gasteiger partial charge in [0.15, 0.2) is 0 Å². The molecule has 2 N–H and O–H groups in total. The molecule has 150 valence electrons. The van der Waals surface area contributed by atoms with Gasteiger partial charge < -0.3 is 9.72 Å². The zero-order valence-corrected chi connectivity index (χ0v) is 18.8. The second-order valence-electron chi connectivity index (χ2n) is 6.50. The van der Waals surface area contributed by atoms with Crippen molar-refractivity contribution < 1.29 is 13.2 Å². The minimum Gasteiger partial charge on any atom is -0.495 e. The number of thiophene rings is 1. The van der Waals surface area contributed by atoms with Crippen LogP contribution in [0, 0.1) is 0 Å². The average Bonchev–Trinajstić information content (AvgIpc) is 3.39. The number of fused-ring (bicyclic) bond motifs is 1. The van der Waals surface area contributed by atoms with Gasteiger partial charge in [-0.1, -0.05) is 40.2 Å². The molecule has 0 aliphatic carbocycles. The van der Waals surface area contributed by atoms with Gasteiger partial charge in [-0.2, -0.15) is 0 Å². The van der Waals surface area contributed by atoms with Gasteiger partial charge >= 0.3 is 0 Å². The Morgan fingerprint density at radius 2 is 2.00 bits per heavy atom. The first kappa shape index (κ1) is 20.2. The van der Waals surface area contributed by atoms with E-state index in [0.29, 0.717) is 10.2 Å². The van der Waals surface area contributed by atoms with Gasteiger partial charge in [-0.3, -0.25) is 0 Å². The van der Waals surface area contributed by atoms with E-state index in [0.717, 1.165) is 21.3 Å². The third-order valence-corrected chi connectivity index (χ3v) is 7.70. The van der Waals surface area contributed by atoms with Crippen molar-refractivity contribution in [3.63, 3.8) is 0 Å². The summed E-state index contributed by atoms with van der Waals surface area (Å²) < 4.78 is 34.8. The van der Waals surface area contributed by atoms with Crippen molar-refractivity contribution in [1.29, 1.82) is 0 Å². The van der Waals surface area contributed by atoms with Crippen molar-refractivity contribution >= 4 is 48.2 Å². The highest BCUT2D eigenvalue weighted by Crippen LogP contribution is 2.34. The van der Waals surface area contributed by atoms with Crippen molar-refractivity contribution in [1.82, 2.24) is 9.71 Å². The summed E-state index contributed by atoms with van der Waals surface area (Å²) in [6, 6.07) is 17.0. The summed E-state index contributed by atoms with van der Waals surface area (Å²) in [4.78, 5) is 4.49. The van der Waals surface area contributed by atoms with Gasteiger partial charge in [-0.05, 0) is 41.3 Å². The Morgan fingerprint density at radius 3 is 2.76 bits per heavy atom. The number of rotatable bonds is 7. The molecule has 0 aliphatic heterocycles. The lowest BCUT2D eigenvalue weighted by molar-refractivity contribution is 0.402. The number of aromatic nitrogens is 1. The van der Waals surface area contributed by atoms with Crippen molar-refractivity contribution in [2.75, 3.05) is 13.7 Å². The molecule has 1 unspecified atom stereocenters. The molecule has 2 aromatic carbocycles. The quantitative estimate of drug-likeness (QED) is 0.378. The van der Waals surface area contributed by atoms with Crippen LogP contribution in [0.2, 0.25) is 0 Å². The van der Waals surface area contributed by atoms with Gasteiger partial charge in [0.1, 0.15) is 10.6 Å². The van der Waals surface area contributed by atoms with Crippen LogP contribution < -0.4 is 9.46 Å². The number of nitrogens with one attached hydrogen (secondary N) is 2. The molecule has 0 saturated heterocycles. The van der Waals surface area contributed by atoms with E-state index < -0.39 is 10.0 Å². The largest absolute Gasteiger partial charge is 0.495 e. The van der Waals surface area contributed by atoms with Crippen molar-refractivity contribution in [2.45, 2.75) is 10.8 Å². The van der Waals surface area contributed by atoms with Crippen molar-refractivity contribution in [3.8, 4) is 5.75 Å². The van der Waals surface area contributed by atoms with Crippen LogP contribution in [0.3, 0.4) is 0 Å². The van der Waals surface area contributed by atoms with Gasteiger partial charge in [-0.25, -0.2) is 13.1 Å². The molecule has 1 atom stereocenters. The summed E-state index contributed by atoms with van der Waals surface area (Å²) in [5.74, 6) is 0.194. The Kier molecular flexibility index (Phi) is 5.78. The number of halogens is 1. The normalized spacial score (nSPS) is 12.9. The van der Waals surface area contributed by atoms with Crippen LogP contribution in [0.25, 0.3) is 10.9 Å². The van der Waals surface area contributed by atoms with Gasteiger partial charge in [0, 0.05) is 38.9 Å². The average molecular weight is 491 g/mol. The van der Waals surface area contributed by atoms with E-state index in [1.807, 2.05) is 48.0 Å². The highest BCUT2D eigenvalue weighted by Gasteiger charge is 2.25. The summed E-state index contributed by atoms with van der Waals surface area (Å²) in [7, 11) is -2.31. The summed E-state index contributed by atoms with van der Waals surface area (Å²) >= 11 is 4.95. The molecular weight excluding hydrogens is 472 g/mol. The monoisotopic (exact) mass is 490 g/mol. The van der Waals surface area contributed by atoms with Crippen LogP contribution >= 0.6 is 27.3 Å². The fourth-order valence-corrected chi connectivity index (χ4v) is 5.97. The molecule has 29 heavy (non-hydrogen) atoms. The maximum Gasteiger partial charge on any atom is 0.244 e. The number of hydrogen-bond donors (Lipinski definition) is 2. The zero-order valence-electron chi connectivity index (χ0n) is 15.6. The number of para-hydroxylation sites is 1. The van der Waals surface area contributed by atoms with Crippen LogP contribution in [0.15, 0.2) is 75.5 Å². The van der Waals surface area contributed by atoms with Gasteiger partial charge in [0.05, 0.1) is 7.11 Å². The highest BCUT2D eigenvalue weighted by molar-refractivity contribution is 9.10. The van der Waals surface area contributed by atoms with E-state index in [1.165, 1.54) is 7.11 Å². The van der Waals surface area contributed by atoms with E-state index in [4.69, 9.17) is 4.74 Å². The molecule has 0 fully saturated rings. The van der Waals surface area contributed by atoms with E-state index in [1.54, 1.807) is 29.5 Å². The molecule has 8 heteroatoms. The standard InChI is InChI=1S/C21H19BrN2O3S2/c1-27-19-9-8-14(22)11-21(19)29(25,26)24-13-17(20-7-4-10-28-20)16-12-23-18-6-3-2-5-15(16)18/h2-12,17,23-24H,13H2,1H3. The van der Waals surface area contributed by atoms with Crippen LogP contribution in [0.1, 0.15) is 16.4 Å². The van der Waals surface area contributed by atoms with Crippen LogP contribution in [-0.4, -0.2) is 27.1 Å². The number of methoxy groups -OCH3 is 1. The van der Waals surface area contributed by atoms with Crippen molar-refractivity contribution in [2.24, 2.45) is 0 Å². The summed E-state index contributed by atoms with van der Waals surface area (Å²) in [5, 5.41) is 3.09. The Morgan fingerprint density at radius 1 is 1.17 bits per heavy atom. The van der Waals surface area contributed by atoms with E-state index in [-0.39, 0.29) is 17.4 Å². The molecule has 2 aromatic heterocycles. The highest BCUT2D eigenvalue weighted by atomic mass is 79.9. The molecule has 0 spiro atoms. The first-order chi connectivity index (χ1) is 14.0. The predicted octanol–water partition coefficient (Wildman–Crippen LogP) is 5.11. The Labute approximate surface area is 181 Å². The minimum atomic E-state index is -3.77. The first-order valence-corrected chi connectivity index (χ1v) is 12.1. The fraction of sp³-hybridized carbons (Fsp3) is 0.143. The molecule has 4 aromatic rings. The Balaban J connectivity index is 1.69. The third-order valence-electron chi connectivity index (χ3n) is 4.78. The number of benzene rings is 2. The molecule has 0 radical (unpaired) electrons. The predicted molar refractivity (Wildman–Crippen MR) is 120 cm³/mol. The van der Waals surface area contributed by atoms with Crippen LogP contribution in [0.4, 0.5) is 0 Å². The third kappa shape index (κ3) is 4.11. The maximum absolute atomic E-state index is 13.1. The SMILES string of the molecule is COc1ccc(Br)cc1S(=O)(=O)NCC(c1cccs1)c1c[nH]c2ccccc12. The van der Waals surface area contributed by atoms with E-state index in [9.17, 15) is 8.42 Å². The maximum atomic E-state index is 13.1. The molecule has 2 heterocycles.